The molecule has 0 atom stereocenters. The molecule has 0 fully saturated rings. The van der Waals surface area contributed by atoms with E-state index < -0.39 is 0 Å². The van der Waals surface area contributed by atoms with E-state index in [4.69, 9.17) is 9.47 Å². The lowest BCUT2D eigenvalue weighted by Crippen LogP contribution is -2.28. The van der Waals surface area contributed by atoms with E-state index in [1.807, 2.05) is 24.3 Å². The molecule has 0 radical (unpaired) electrons. The molecule has 24 heavy (non-hydrogen) atoms. The highest BCUT2D eigenvalue weighted by Crippen LogP contribution is 2.16. The van der Waals surface area contributed by atoms with Crippen molar-refractivity contribution in [2.24, 2.45) is 0 Å². The Morgan fingerprint density at radius 2 is 1.75 bits per heavy atom. The predicted octanol–water partition coefficient (Wildman–Crippen LogP) is 2.12. The second-order valence-corrected chi connectivity index (χ2v) is 5.00. The summed E-state index contributed by atoms with van der Waals surface area (Å²) in [4.78, 5) is 20.2. The van der Waals surface area contributed by atoms with Gasteiger partial charge >= 0.3 is 0 Å². The molecule has 0 aliphatic carbocycles. The Labute approximate surface area is 141 Å². The molecule has 7 heteroatoms. The molecule has 0 aliphatic rings. The first-order chi connectivity index (χ1) is 11.7. The Bertz CT molecular complexity index is 629. The van der Waals surface area contributed by atoms with E-state index in [2.05, 4.69) is 27.5 Å². The van der Waals surface area contributed by atoms with Crippen molar-refractivity contribution in [1.82, 2.24) is 15.3 Å². The Balaban J connectivity index is 1.72. The van der Waals surface area contributed by atoms with E-state index in [-0.39, 0.29) is 5.91 Å². The fraction of sp³-hybridized carbons (Fsp3) is 0.353. The maximum atomic E-state index is 12.0. The smallest absolute Gasteiger partial charge is 0.254 e. The molecule has 1 heterocycles. The quantitative estimate of drug-likeness (QED) is 0.685. The van der Waals surface area contributed by atoms with Crippen molar-refractivity contribution in [3.05, 3.63) is 42.2 Å². The Morgan fingerprint density at radius 1 is 1.08 bits per heavy atom. The van der Waals surface area contributed by atoms with Gasteiger partial charge in [-0.15, -0.1) is 0 Å². The van der Waals surface area contributed by atoms with Crippen LogP contribution in [0.4, 0.5) is 5.95 Å². The van der Waals surface area contributed by atoms with E-state index in [0.717, 1.165) is 24.5 Å². The summed E-state index contributed by atoms with van der Waals surface area (Å²) in [5.41, 5.74) is 0.418. The minimum Gasteiger partial charge on any atom is -0.497 e. The molecule has 2 rings (SSSR count). The van der Waals surface area contributed by atoms with E-state index in [0.29, 0.717) is 24.7 Å². The summed E-state index contributed by atoms with van der Waals surface area (Å²) >= 11 is 0. The van der Waals surface area contributed by atoms with Crippen LogP contribution in [-0.2, 0) is 0 Å². The zero-order chi connectivity index (χ0) is 17.2. The molecule has 0 bridgehead atoms. The van der Waals surface area contributed by atoms with Crippen LogP contribution in [0.25, 0.3) is 0 Å². The van der Waals surface area contributed by atoms with Crippen molar-refractivity contribution in [1.29, 1.82) is 0 Å². The van der Waals surface area contributed by atoms with Crippen molar-refractivity contribution < 1.29 is 14.3 Å². The van der Waals surface area contributed by atoms with Gasteiger partial charge in [0.05, 0.1) is 19.2 Å². The highest BCUT2D eigenvalue weighted by Gasteiger charge is 2.06. The number of hydrogen-bond donors (Lipinski definition) is 2. The number of rotatable bonds is 9. The van der Waals surface area contributed by atoms with Gasteiger partial charge in [0.2, 0.25) is 5.95 Å². The SMILES string of the molecule is CCCNc1ncc(C(=O)NCCOc2ccc(OC)cc2)cn1. The van der Waals surface area contributed by atoms with Gasteiger partial charge in [0.15, 0.2) is 0 Å². The summed E-state index contributed by atoms with van der Waals surface area (Å²) in [6, 6.07) is 7.27. The maximum absolute atomic E-state index is 12.0. The van der Waals surface area contributed by atoms with Gasteiger partial charge in [-0.05, 0) is 30.7 Å². The van der Waals surface area contributed by atoms with Gasteiger partial charge in [-0.25, -0.2) is 9.97 Å². The summed E-state index contributed by atoms with van der Waals surface area (Å²) in [5, 5.41) is 5.82. The molecule has 0 saturated heterocycles. The minimum absolute atomic E-state index is 0.227. The third kappa shape index (κ3) is 5.42. The first-order valence-electron chi connectivity index (χ1n) is 7.84. The molecule has 0 saturated carbocycles. The number of anilines is 1. The van der Waals surface area contributed by atoms with Crippen molar-refractivity contribution in [2.75, 3.05) is 32.1 Å². The fourth-order valence-corrected chi connectivity index (χ4v) is 1.88. The molecule has 1 amide bonds. The molecule has 0 unspecified atom stereocenters. The van der Waals surface area contributed by atoms with Gasteiger partial charge in [0, 0.05) is 18.9 Å². The average Bonchev–Trinajstić information content (AvgIpc) is 2.64. The van der Waals surface area contributed by atoms with Gasteiger partial charge < -0.3 is 20.1 Å². The molecule has 128 valence electrons. The summed E-state index contributed by atoms with van der Waals surface area (Å²) in [6.45, 7) is 3.62. The van der Waals surface area contributed by atoms with Gasteiger partial charge in [-0.2, -0.15) is 0 Å². The molecule has 0 spiro atoms. The van der Waals surface area contributed by atoms with E-state index in [1.54, 1.807) is 7.11 Å². The van der Waals surface area contributed by atoms with Crippen LogP contribution in [0.1, 0.15) is 23.7 Å². The molecule has 2 aromatic rings. The Hall–Kier alpha value is -2.83. The Kier molecular flexibility index (Phi) is 6.82. The van der Waals surface area contributed by atoms with Crippen molar-refractivity contribution in [3.63, 3.8) is 0 Å². The van der Waals surface area contributed by atoms with Crippen molar-refractivity contribution in [2.45, 2.75) is 13.3 Å². The number of methoxy groups -OCH3 is 1. The highest BCUT2D eigenvalue weighted by molar-refractivity contribution is 5.93. The van der Waals surface area contributed by atoms with Crippen LogP contribution in [0.15, 0.2) is 36.7 Å². The number of nitrogens with one attached hydrogen (secondary N) is 2. The number of ether oxygens (including phenoxy) is 2. The highest BCUT2D eigenvalue weighted by atomic mass is 16.5. The monoisotopic (exact) mass is 330 g/mol. The van der Waals surface area contributed by atoms with Gasteiger partial charge in [0.25, 0.3) is 5.91 Å². The maximum Gasteiger partial charge on any atom is 0.254 e. The first-order valence-corrected chi connectivity index (χ1v) is 7.84. The van der Waals surface area contributed by atoms with Gasteiger partial charge in [0.1, 0.15) is 18.1 Å². The van der Waals surface area contributed by atoms with Gasteiger partial charge in [-0.3, -0.25) is 4.79 Å². The number of nitrogens with zero attached hydrogens (tertiary/aromatic N) is 2. The summed E-state index contributed by atoms with van der Waals surface area (Å²) in [6.07, 6.45) is 4.00. The van der Waals surface area contributed by atoms with Crippen molar-refractivity contribution >= 4 is 11.9 Å². The lowest BCUT2D eigenvalue weighted by Gasteiger charge is -2.08. The zero-order valence-electron chi connectivity index (χ0n) is 13.9. The normalized spacial score (nSPS) is 10.1. The molecule has 1 aromatic heterocycles. The number of carbonyl (C=O) groups excluding carboxylic acids is 1. The third-order valence-electron chi connectivity index (χ3n) is 3.16. The molecule has 1 aromatic carbocycles. The first kappa shape index (κ1) is 17.5. The number of aromatic nitrogens is 2. The Morgan fingerprint density at radius 3 is 2.38 bits per heavy atom. The summed E-state index contributed by atoms with van der Waals surface area (Å²) < 4.78 is 10.6. The zero-order valence-corrected chi connectivity index (χ0v) is 13.9. The molecule has 2 N–H and O–H groups in total. The van der Waals surface area contributed by atoms with Crippen LogP contribution in [0.2, 0.25) is 0 Å². The molecular formula is C17H22N4O3. The van der Waals surface area contributed by atoms with Crippen LogP contribution in [-0.4, -0.2) is 42.7 Å². The predicted molar refractivity (Wildman–Crippen MR) is 91.6 cm³/mol. The molecular weight excluding hydrogens is 308 g/mol. The van der Waals surface area contributed by atoms with E-state index in [9.17, 15) is 4.79 Å². The van der Waals surface area contributed by atoms with Crippen LogP contribution >= 0.6 is 0 Å². The number of hydrogen-bond acceptors (Lipinski definition) is 6. The number of benzene rings is 1. The topological polar surface area (TPSA) is 85.4 Å². The third-order valence-corrected chi connectivity index (χ3v) is 3.16. The van der Waals surface area contributed by atoms with Crippen molar-refractivity contribution in [3.8, 4) is 11.5 Å². The molecule has 7 nitrogen and oxygen atoms in total. The lowest BCUT2D eigenvalue weighted by molar-refractivity contribution is 0.0946. The van der Waals surface area contributed by atoms with Crippen LogP contribution in [0, 0.1) is 0 Å². The second-order valence-electron chi connectivity index (χ2n) is 5.00. The van der Waals surface area contributed by atoms with Crippen LogP contribution in [0.3, 0.4) is 0 Å². The van der Waals surface area contributed by atoms with E-state index in [1.165, 1.54) is 12.4 Å². The molecule has 0 aliphatic heterocycles. The number of amides is 1. The second kappa shape index (κ2) is 9.34. The summed E-state index contributed by atoms with van der Waals surface area (Å²) in [5.74, 6) is 1.79. The fourth-order valence-electron chi connectivity index (χ4n) is 1.88. The summed E-state index contributed by atoms with van der Waals surface area (Å²) in [7, 11) is 1.61. The standard InChI is InChI=1S/C17H22N4O3/c1-3-8-19-17-20-11-13(12-21-17)16(22)18-9-10-24-15-6-4-14(23-2)5-7-15/h4-7,11-12H,3,8-10H2,1-2H3,(H,18,22)(H,19,20,21). The largest absolute Gasteiger partial charge is 0.497 e. The van der Waals surface area contributed by atoms with E-state index >= 15 is 0 Å². The van der Waals surface area contributed by atoms with Crippen LogP contribution < -0.4 is 20.1 Å². The van der Waals surface area contributed by atoms with Crippen LogP contribution in [0.5, 0.6) is 11.5 Å². The number of carbonyl (C=O) groups is 1. The average molecular weight is 330 g/mol. The minimum atomic E-state index is -0.227. The van der Waals surface area contributed by atoms with Gasteiger partial charge in [-0.1, -0.05) is 6.92 Å². The lowest BCUT2D eigenvalue weighted by atomic mass is 10.3.